The Labute approximate surface area is 120 Å². The van der Waals surface area contributed by atoms with E-state index in [1.807, 2.05) is 0 Å². The van der Waals surface area contributed by atoms with Gasteiger partial charge in [-0.2, -0.15) is 13.2 Å². The van der Waals surface area contributed by atoms with Crippen LogP contribution in [-0.2, 0) is 7.05 Å². The molecule has 112 valence electrons. The van der Waals surface area contributed by atoms with E-state index < -0.39 is 18.6 Å². The number of pyridine rings is 1. The lowest BCUT2D eigenvalue weighted by molar-refractivity contribution is -0.137. The zero-order valence-corrected chi connectivity index (χ0v) is 11.4. The van der Waals surface area contributed by atoms with E-state index in [1.165, 1.54) is 22.9 Å². The average Bonchev–Trinajstić information content (AvgIpc) is 2.42. The molecule has 6 heteroatoms. The van der Waals surface area contributed by atoms with Gasteiger partial charge in [0, 0.05) is 19.3 Å². The fourth-order valence-corrected chi connectivity index (χ4v) is 2.05. The third kappa shape index (κ3) is 4.37. The predicted octanol–water partition coefficient (Wildman–Crippen LogP) is 3.49. The second kappa shape index (κ2) is 6.03. The normalized spacial score (nSPS) is 13.0. The number of rotatable bonds is 4. The van der Waals surface area contributed by atoms with Gasteiger partial charge in [0.1, 0.15) is 0 Å². The average molecular weight is 296 g/mol. The highest BCUT2D eigenvalue weighted by molar-refractivity contribution is 5.43. The van der Waals surface area contributed by atoms with E-state index in [4.69, 9.17) is 0 Å². The maximum Gasteiger partial charge on any atom is 0.391 e. The summed E-state index contributed by atoms with van der Waals surface area (Å²) in [6.07, 6.45) is -3.79. The Bertz CT molecular complexity index is 650. The molecule has 1 N–H and O–H groups in total. The van der Waals surface area contributed by atoms with Crippen molar-refractivity contribution in [3.05, 3.63) is 64.6 Å². The van der Waals surface area contributed by atoms with Gasteiger partial charge in [-0.3, -0.25) is 4.79 Å². The summed E-state index contributed by atoms with van der Waals surface area (Å²) in [5.41, 5.74) is 0.798. The summed E-state index contributed by atoms with van der Waals surface area (Å²) in [6.45, 7) is 0. The molecule has 0 fully saturated rings. The lowest BCUT2D eigenvalue weighted by atomic mass is 10.0. The highest BCUT2D eigenvalue weighted by atomic mass is 19.4. The van der Waals surface area contributed by atoms with Crippen molar-refractivity contribution in [2.45, 2.75) is 18.6 Å². The van der Waals surface area contributed by atoms with Crippen LogP contribution < -0.4 is 10.9 Å². The predicted molar refractivity (Wildman–Crippen MR) is 75.2 cm³/mol. The minimum absolute atomic E-state index is 0.215. The first-order valence-corrected chi connectivity index (χ1v) is 6.40. The summed E-state index contributed by atoms with van der Waals surface area (Å²) >= 11 is 0. The molecular formula is C15H15F3N2O. The van der Waals surface area contributed by atoms with Crippen LogP contribution in [0.1, 0.15) is 18.0 Å². The SMILES string of the molecule is Cn1cc(NC(CC(F)(F)F)c2ccccc2)ccc1=O. The van der Waals surface area contributed by atoms with E-state index in [0.29, 0.717) is 11.3 Å². The maximum absolute atomic E-state index is 12.7. The first-order chi connectivity index (χ1) is 9.85. The van der Waals surface area contributed by atoms with Crippen LogP contribution in [0.15, 0.2) is 53.5 Å². The van der Waals surface area contributed by atoms with Gasteiger partial charge in [-0.1, -0.05) is 30.3 Å². The molecular weight excluding hydrogens is 281 g/mol. The summed E-state index contributed by atoms with van der Waals surface area (Å²) in [5.74, 6) is 0. The van der Waals surface area contributed by atoms with Crippen molar-refractivity contribution in [1.82, 2.24) is 4.57 Å². The number of aryl methyl sites for hydroxylation is 1. The van der Waals surface area contributed by atoms with Gasteiger partial charge in [0.2, 0.25) is 5.56 Å². The molecule has 0 radical (unpaired) electrons. The van der Waals surface area contributed by atoms with Crippen molar-refractivity contribution in [2.75, 3.05) is 5.32 Å². The van der Waals surface area contributed by atoms with Gasteiger partial charge in [-0.05, 0) is 11.6 Å². The van der Waals surface area contributed by atoms with E-state index in [1.54, 1.807) is 37.4 Å². The standard InChI is InChI=1S/C15H15F3N2O/c1-20-10-12(7-8-14(20)21)19-13(9-15(16,17)18)11-5-3-2-4-6-11/h2-8,10,13,19H,9H2,1H3. The van der Waals surface area contributed by atoms with Gasteiger partial charge < -0.3 is 9.88 Å². The van der Waals surface area contributed by atoms with Gasteiger partial charge in [-0.25, -0.2) is 0 Å². The monoisotopic (exact) mass is 296 g/mol. The van der Waals surface area contributed by atoms with Gasteiger partial charge >= 0.3 is 6.18 Å². The molecule has 1 aromatic carbocycles. The topological polar surface area (TPSA) is 34.0 Å². The Morgan fingerprint density at radius 2 is 1.81 bits per heavy atom. The summed E-state index contributed by atoms with van der Waals surface area (Å²) in [6, 6.07) is 10.3. The van der Waals surface area contributed by atoms with Crippen molar-refractivity contribution in [3.8, 4) is 0 Å². The molecule has 2 aromatic rings. The molecule has 0 bridgehead atoms. The van der Waals surface area contributed by atoms with Crippen LogP contribution >= 0.6 is 0 Å². The largest absolute Gasteiger partial charge is 0.391 e. The van der Waals surface area contributed by atoms with Crippen LogP contribution in [0.3, 0.4) is 0 Å². The van der Waals surface area contributed by atoms with Crippen LogP contribution in [0.4, 0.5) is 18.9 Å². The van der Waals surface area contributed by atoms with Crippen molar-refractivity contribution >= 4 is 5.69 Å². The van der Waals surface area contributed by atoms with E-state index in [9.17, 15) is 18.0 Å². The van der Waals surface area contributed by atoms with Crippen LogP contribution in [0.2, 0.25) is 0 Å². The molecule has 1 unspecified atom stereocenters. The highest BCUT2D eigenvalue weighted by Gasteiger charge is 2.32. The molecule has 0 spiro atoms. The minimum atomic E-state index is -4.28. The van der Waals surface area contributed by atoms with Crippen LogP contribution in [-0.4, -0.2) is 10.7 Å². The third-order valence-corrected chi connectivity index (χ3v) is 3.06. The Kier molecular flexibility index (Phi) is 4.35. The fraction of sp³-hybridized carbons (Fsp3) is 0.267. The number of anilines is 1. The van der Waals surface area contributed by atoms with Gasteiger partial charge in [0.25, 0.3) is 0 Å². The third-order valence-electron chi connectivity index (χ3n) is 3.06. The number of nitrogens with zero attached hydrogens (tertiary/aromatic N) is 1. The van der Waals surface area contributed by atoms with Crippen molar-refractivity contribution in [3.63, 3.8) is 0 Å². The molecule has 0 aliphatic rings. The Hall–Kier alpha value is -2.24. The number of halogens is 3. The van der Waals surface area contributed by atoms with Crippen molar-refractivity contribution in [2.24, 2.45) is 7.05 Å². The molecule has 1 aromatic heterocycles. The van der Waals surface area contributed by atoms with Crippen LogP contribution in [0.25, 0.3) is 0 Å². The molecule has 1 heterocycles. The molecule has 0 aliphatic heterocycles. The zero-order valence-electron chi connectivity index (χ0n) is 11.4. The number of aromatic nitrogens is 1. The summed E-state index contributed by atoms with van der Waals surface area (Å²) in [5, 5.41) is 2.84. The summed E-state index contributed by atoms with van der Waals surface area (Å²) in [4.78, 5) is 11.3. The minimum Gasteiger partial charge on any atom is -0.377 e. The number of alkyl halides is 3. The quantitative estimate of drug-likeness (QED) is 0.937. The Morgan fingerprint density at radius 3 is 2.38 bits per heavy atom. The lowest BCUT2D eigenvalue weighted by Crippen LogP contribution is -2.21. The first-order valence-electron chi connectivity index (χ1n) is 6.40. The van der Waals surface area contributed by atoms with Gasteiger partial charge in [-0.15, -0.1) is 0 Å². The number of benzene rings is 1. The van der Waals surface area contributed by atoms with E-state index in [0.717, 1.165) is 0 Å². The molecule has 1 atom stereocenters. The van der Waals surface area contributed by atoms with Crippen LogP contribution in [0, 0.1) is 0 Å². The Morgan fingerprint density at radius 1 is 1.14 bits per heavy atom. The first kappa shape index (κ1) is 15.2. The number of hydrogen-bond acceptors (Lipinski definition) is 2. The second-order valence-corrected chi connectivity index (χ2v) is 4.79. The fourth-order valence-electron chi connectivity index (χ4n) is 2.05. The molecule has 0 aliphatic carbocycles. The van der Waals surface area contributed by atoms with Gasteiger partial charge in [0.05, 0.1) is 18.2 Å². The van der Waals surface area contributed by atoms with Gasteiger partial charge in [0.15, 0.2) is 0 Å². The number of nitrogens with one attached hydrogen (secondary N) is 1. The lowest BCUT2D eigenvalue weighted by Gasteiger charge is -2.22. The summed E-state index contributed by atoms with van der Waals surface area (Å²) in [7, 11) is 1.55. The van der Waals surface area contributed by atoms with E-state index >= 15 is 0 Å². The number of hydrogen-bond donors (Lipinski definition) is 1. The molecule has 3 nitrogen and oxygen atoms in total. The van der Waals surface area contributed by atoms with E-state index in [-0.39, 0.29) is 5.56 Å². The van der Waals surface area contributed by atoms with Crippen LogP contribution in [0.5, 0.6) is 0 Å². The zero-order chi connectivity index (χ0) is 15.5. The second-order valence-electron chi connectivity index (χ2n) is 4.79. The highest BCUT2D eigenvalue weighted by Crippen LogP contribution is 2.31. The van der Waals surface area contributed by atoms with Crippen molar-refractivity contribution in [1.29, 1.82) is 0 Å². The molecule has 2 rings (SSSR count). The summed E-state index contributed by atoms with van der Waals surface area (Å²) < 4.78 is 39.5. The smallest absolute Gasteiger partial charge is 0.377 e. The molecule has 0 saturated carbocycles. The molecule has 0 saturated heterocycles. The Balaban J connectivity index is 2.27. The van der Waals surface area contributed by atoms with Crippen molar-refractivity contribution < 1.29 is 13.2 Å². The molecule has 21 heavy (non-hydrogen) atoms. The molecule has 0 amide bonds. The maximum atomic E-state index is 12.7. The van der Waals surface area contributed by atoms with E-state index in [2.05, 4.69) is 5.32 Å².